The largest absolute Gasteiger partial charge is 0.341 e. The summed E-state index contributed by atoms with van der Waals surface area (Å²) in [7, 11) is -3.33. The van der Waals surface area contributed by atoms with Crippen LogP contribution in [0, 0.1) is 0 Å². The summed E-state index contributed by atoms with van der Waals surface area (Å²) < 4.78 is 12.4. The fourth-order valence-corrected chi connectivity index (χ4v) is 3.12. The van der Waals surface area contributed by atoms with Crippen LogP contribution in [0.1, 0.15) is 20.8 Å². The van der Waals surface area contributed by atoms with Gasteiger partial charge in [-0.15, -0.1) is 0 Å². The molecule has 0 saturated carbocycles. The minimum atomic E-state index is -3.33. The molecule has 2 aromatic carbocycles. The third kappa shape index (κ3) is 2.15. The molecular formula is C14H17O2P. The molecule has 2 aromatic rings. The van der Waals surface area contributed by atoms with Gasteiger partial charge in [0.05, 0.1) is 0 Å². The second-order valence-corrected chi connectivity index (χ2v) is 8.29. The lowest BCUT2D eigenvalue weighted by Gasteiger charge is -2.26. The van der Waals surface area contributed by atoms with E-state index in [9.17, 15) is 9.46 Å². The zero-order valence-corrected chi connectivity index (χ0v) is 11.2. The SMILES string of the molecule is CC(C)(C)P(=O)(O)c1ccc2ccccc2c1. The summed E-state index contributed by atoms with van der Waals surface area (Å²) in [6.07, 6.45) is 0. The molecule has 0 aliphatic rings. The van der Waals surface area contributed by atoms with Gasteiger partial charge in [-0.1, -0.05) is 51.1 Å². The summed E-state index contributed by atoms with van der Waals surface area (Å²) in [5.41, 5.74) is 0. The molecule has 3 heteroatoms. The highest BCUT2D eigenvalue weighted by atomic mass is 31.2. The highest BCUT2D eigenvalue weighted by Gasteiger charge is 2.36. The fraction of sp³-hybridized carbons (Fsp3) is 0.286. The first kappa shape index (κ1) is 12.3. The van der Waals surface area contributed by atoms with Crippen LogP contribution in [0.15, 0.2) is 42.5 Å². The Morgan fingerprint density at radius 3 is 2.18 bits per heavy atom. The maximum Gasteiger partial charge on any atom is 0.234 e. The second kappa shape index (κ2) is 3.97. The van der Waals surface area contributed by atoms with E-state index in [2.05, 4.69) is 0 Å². The monoisotopic (exact) mass is 248 g/mol. The van der Waals surface area contributed by atoms with E-state index in [-0.39, 0.29) is 0 Å². The average Bonchev–Trinajstić information content (AvgIpc) is 2.27. The van der Waals surface area contributed by atoms with Gasteiger partial charge in [0.15, 0.2) is 0 Å². The normalized spacial score (nSPS) is 15.8. The molecule has 0 aromatic heterocycles. The summed E-state index contributed by atoms with van der Waals surface area (Å²) in [5, 5.41) is 1.99. The van der Waals surface area contributed by atoms with Crippen molar-refractivity contribution in [1.82, 2.24) is 0 Å². The third-order valence-corrected chi connectivity index (χ3v) is 5.79. The van der Waals surface area contributed by atoms with Crippen LogP contribution in [0.25, 0.3) is 10.8 Å². The summed E-state index contributed by atoms with van der Waals surface area (Å²) in [4.78, 5) is 10.2. The molecule has 2 rings (SSSR count). The predicted molar refractivity (Wildman–Crippen MR) is 73.2 cm³/mol. The topological polar surface area (TPSA) is 37.3 Å². The highest BCUT2D eigenvalue weighted by molar-refractivity contribution is 7.67. The van der Waals surface area contributed by atoms with Gasteiger partial charge < -0.3 is 4.89 Å². The van der Waals surface area contributed by atoms with Crippen LogP contribution in [-0.2, 0) is 4.57 Å². The minimum absolute atomic E-state index is 0.531. The number of hydrogen-bond donors (Lipinski definition) is 1. The van der Waals surface area contributed by atoms with E-state index >= 15 is 0 Å². The highest BCUT2D eigenvalue weighted by Crippen LogP contribution is 2.52. The van der Waals surface area contributed by atoms with Gasteiger partial charge in [-0.2, -0.15) is 0 Å². The molecule has 1 N–H and O–H groups in total. The molecule has 1 atom stereocenters. The number of fused-ring (bicyclic) bond motifs is 1. The Labute approximate surface area is 102 Å². The Balaban J connectivity index is 2.62. The van der Waals surface area contributed by atoms with Crippen molar-refractivity contribution in [2.75, 3.05) is 0 Å². The first-order valence-corrected chi connectivity index (χ1v) is 7.30. The lowest BCUT2D eigenvalue weighted by atomic mass is 10.1. The van der Waals surface area contributed by atoms with E-state index in [1.54, 1.807) is 26.8 Å². The first-order valence-electron chi connectivity index (χ1n) is 5.65. The van der Waals surface area contributed by atoms with Crippen molar-refractivity contribution in [1.29, 1.82) is 0 Å². The molecule has 2 nitrogen and oxygen atoms in total. The molecule has 1 unspecified atom stereocenters. The van der Waals surface area contributed by atoms with Crippen molar-refractivity contribution < 1.29 is 9.46 Å². The summed E-state index contributed by atoms with van der Waals surface area (Å²) in [6.45, 7) is 5.38. The lowest BCUT2D eigenvalue weighted by molar-refractivity contribution is 0.458. The summed E-state index contributed by atoms with van der Waals surface area (Å²) in [5.74, 6) is 0. The second-order valence-electron chi connectivity index (χ2n) is 5.28. The van der Waals surface area contributed by atoms with E-state index < -0.39 is 12.5 Å². The van der Waals surface area contributed by atoms with Gasteiger partial charge in [0.2, 0.25) is 7.37 Å². The Hall–Kier alpha value is -1.11. The van der Waals surface area contributed by atoms with Gasteiger partial charge in [0.1, 0.15) is 0 Å². The standard InChI is InChI=1S/C14H17O2P/c1-14(2,3)17(15,16)13-9-8-11-6-4-5-7-12(11)10-13/h4-10H,1-3H3,(H,15,16). The molecule has 0 spiro atoms. The van der Waals surface area contributed by atoms with Crippen LogP contribution in [0.3, 0.4) is 0 Å². The van der Waals surface area contributed by atoms with Crippen LogP contribution in [0.5, 0.6) is 0 Å². The molecule has 0 aliphatic carbocycles. The van der Waals surface area contributed by atoms with Gasteiger partial charge in [0, 0.05) is 10.5 Å². The third-order valence-electron chi connectivity index (χ3n) is 2.99. The Kier molecular flexibility index (Phi) is 2.89. The number of rotatable bonds is 1. The van der Waals surface area contributed by atoms with Crippen molar-refractivity contribution in [3.63, 3.8) is 0 Å². The van der Waals surface area contributed by atoms with Crippen molar-refractivity contribution in [3.05, 3.63) is 42.5 Å². The summed E-state index contributed by atoms with van der Waals surface area (Å²) >= 11 is 0. The van der Waals surface area contributed by atoms with Crippen molar-refractivity contribution in [2.45, 2.75) is 25.9 Å². The van der Waals surface area contributed by atoms with Crippen molar-refractivity contribution in [2.24, 2.45) is 0 Å². The van der Waals surface area contributed by atoms with Gasteiger partial charge >= 0.3 is 0 Å². The van der Waals surface area contributed by atoms with E-state index in [1.165, 1.54) is 0 Å². The zero-order chi connectivity index (χ0) is 12.7. The Morgan fingerprint density at radius 2 is 1.59 bits per heavy atom. The first-order chi connectivity index (χ1) is 7.82. The average molecular weight is 248 g/mol. The van der Waals surface area contributed by atoms with E-state index in [4.69, 9.17) is 0 Å². The van der Waals surface area contributed by atoms with Gasteiger partial charge in [-0.05, 0) is 22.9 Å². The number of benzene rings is 2. The van der Waals surface area contributed by atoms with Crippen LogP contribution < -0.4 is 5.30 Å². The molecular weight excluding hydrogens is 231 g/mol. The van der Waals surface area contributed by atoms with Crippen LogP contribution in [0.4, 0.5) is 0 Å². The van der Waals surface area contributed by atoms with Gasteiger partial charge in [-0.3, -0.25) is 4.57 Å². The number of hydrogen-bond acceptors (Lipinski definition) is 1. The molecule has 0 radical (unpaired) electrons. The fourth-order valence-electron chi connectivity index (χ4n) is 1.75. The maximum atomic E-state index is 12.4. The molecule has 0 amide bonds. The van der Waals surface area contributed by atoms with Crippen LogP contribution in [0.2, 0.25) is 0 Å². The van der Waals surface area contributed by atoms with Crippen molar-refractivity contribution in [3.8, 4) is 0 Å². The van der Waals surface area contributed by atoms with Gasteiger partial charge in [-0.25, -0.2) is 0 Å². The lowest BCUT2D eigenvalue weighted by Crippen LogP contribution is -2.22. The quantitative estimate of drug-likeness (QED) is 0.784. The van der Waals surface area contributed by atoms with Gasteiger partial charge in [0.25, 0.3) is 0 Å². The molecule has 90 valence electrons. The molecule has 0 aliphatic heterocycles. The molecule has 17 heavy (non-hydrogen) atoms. The van der Waals surface area contributed by atoms with Crippen LogP contribution in [-0.4, -0.2) is 10.0 Å². The minimum Gasteiger partial charge on any atom is -0.341 e. The van der Waals surface area contributed by atoms with Crippen LogP contribution >= 0.6 is 7.37 Å². The van der Waals surface area contributed by atoms with E-state index in [1.807, 2.05) is 36.4 Å². The predicted octanol–water partition coefficient (Wildman–Crippen LogP) is 3.53. The molecule has 0 bridgehead atoms. The van der Waals surface area contributed by atoms with Crippen molar-refractivity contribution >= 4 is 23.4 Å². The van der Waals surface area contributed by atoms with E-state index in [0.717, 1.165) is 10.8 Å². The smallest absolute Gasteiger partial charge is 0.234 e. The molecule has 0 saturated heterocycles. The zero-order valence-electron chi connectivity index (χ0n) is 10.3. The molecule has 0 heterocycles. The summed E-state index contributed by atoms with van der Waals surface area (Å²) in [6, 6.07) is 13.3. The maximum absolute atomic E-state index is 12.4. The van der Waals surface area contributed by atoms with E-state index in [0.29, 0.717) is 5.30 Å². The Bertz CT molecular complexity index is 596. The Morgan fingerprint density at radius 1 is 1.00 bits per heavy atom. The molecule has 0 fully saturated rings.